The van der Waals surface area contributed by atoms with E-state index in [2.05, 4.69) is 0 Å². The van der Waals surface area contributed by atoms with Crippen LogP contribution in [0.1, 0.15) is 30.9 Å². The van der Waals surface area contributed by atoms with E-state index in [0.717, 1.165) is 19.3 Å². The minimum absolute atomic E-state index is 0.0711. The number of benzene rings is 3. The molecule has 0 aliphatic carbocycles. The Morgan fingerprint density at radius 2 is 1.32 bits per heavy atom. The highest BCUT2D eigenvalue weighted by atomic mass is 16.5. The fourth-order valence-electron chi connectivity index (χ4n) is 4.71. The Hall–Kier alpha value is -3.93. The van der Waals surface area contributed by atoms with Crippen molar-refractivity contribution in [1.29, 1.82) is 0 Å². The molecule has 0 saturated carbocycles. The lowest BCUT2D eigenvalue weighted by atomic mass is 10.1. The number of piperidine rings is 1. The predicted octanol–water partition coefficient (Wildman–Crippen LogP) is 4.45. The number of para-hydroxylation sites is 2. The Morgan fingerprint density at radius 1 is 0.765 bits per heavy atom. The first-order chi connectivity index (χ1) is 16.6. The van der Waals surface area contributed by atoms with Gasteiger partial charge in [-0.2, -0.15) is 0 Å². The van der Waals surface area contributed by atoms with Gasteiger partial charge in [0.25, 0.3) is 5.91 Å². The van der Waals surface area contributed by atoms with Crippen LogP contribution in [0, 0.1) is 0 Å². The van der Waals surface area contributed by atoms with Crippen LogP contribution in [0.2, 0.25) is 0 Å². The highest BCUT2D eigenvalue weighted by Crippen LogP contribution is 2.24. The first kappa shape index (κ1) is 21.9. The highest BCUT2D eigenvalue weighted by Gasteiger charge is 2.30. The normalized spacial score (nSPS) is 14.8. The number of aromatic nitrogens is 1. The molecule has 3 aromatic carbocycles. The molecule has 1 fully saturated rings. The van der Waals surface area contributed by atoms with E-state index in [-0.39, 0.29) is 17.9 Å². The number of pyridine rings is 1. The lowest BCUT2D eigenvalue weighted by molar-refractivity contribution is -0.161. The number of hydrogen-bond donors (Lipinski definition) is 0. The molecule has 0 radical (unpaired) electrons. The van der Waals surface area contributed by atoms with Crippen LogP contribution in [0.3, 0.4) is 0 Å². The van der Waals surface area contributed by atoms with Crippen LogP contribution >= 0.6 is 0 Å². The van der Waals surface area contributed by atoms with Crippen molar-refractivity contribution in [1.82, 2.24) is 9.47 Å². The van der Waals surface area contributed by atoms with Crippen LogP contribution in [0.5, 0.6) is 0 Å². The summed E-state index contributed by atoms with van der Waals surface area (Å²) in [6.07, 6.45) is 2.02. The second kappa shape index (κ2) is 9.51. The minimum Gasteiger partial charge on any atom is -0.446 e. The van der Waals surface area contributed by atoms with Crippen molar-refractivity contribution in [2.24, 2.45) is 0 Å². The number of hydrogen-bond acceptors (Lipinski definition) is 4. The average Bonchev–Trinajstić information content (AvgIpc) is 2.90. The molecule has 1 saturated heterocycles. The number of carbonyl (C=O) groups is 2. The third-order valence-corrected chi connectivity index (χ3v) is 6.41. The van der Waals surface area contributed by atoms with Gasteiger partial charge in [-0.15, -0.1) is 0 Å². The van der Waals surface area contributed by atoms with E-state index in [0.29, 0.717) is 40.5 Å². The summed E-state index contributed by atoms with van der Waals surface area (Å²) in [4.78, 5) is 41.4. The van der Waals surface area contributed by atoms with Crippen molar-refractivity contribution in [3.8, 4) is 0 Å². The van der Waals surface area contributed by atoms with E-state index in [1.54, 1.807) is 21.6 Å². The Bertz CT molecular complexity index is 1340. The number of amides is 1. The van der Waals surface area contributed by atoms with Crippen molar-refractivity contribution < 1.29 is 14.3 Å². The second-order valence-electron chi connectivity index (χ2n) is 8.62. The van der Waals surface area contributed by atoms with Crippen LogP contribution in [0.4, 0.5) is 0 Å². The lowest BCUT2D eigenvalue weighted by Gasteiger charge is -2.30. The van der Waals surface area contributed by atoms with E-state index in [9.17, 15) is 14.4 Å². The maximum Gasteiger partial charge on any atom is 0.327 e. The summed E-state index contributed by atoms with van der Waals surface area (Å²) < 4.78 is 7.65. The molecule has 1 atom stereocenters. The Balaban J connectivity index is 1.50. The molecule has 2 heterocycles. The molecule has 0 spiro atoms. The van der Waals surface area contributed by atoms with Crippen molar-refractivity contribution in [2.45, 2.75) is 31.9 Å². The zero-order valence-corrected chi connectivity index (χ0v) is 18.9. The lowest BCUT2D eigenvalue weighted by Crippen LogP contribution is -2.40. The third-order valence-electron chi connectivity index (χ3n) is 6.41. The van der Waals surface area contributed by atoms with E-state index in [1.165, 1.54) is 0 Å². The summed E-state index contributed by atoms with van der Waals surface area (Å²) >= 11 is 0. The van der Waals surface area contributed by atoms with Gasteiger partial charge in [-0.05, 0) is 43.5 Å². The van der Waals surface area contributed by atoms with E-state index >= 15 is 0 Å². The number of fused-ring (bicyclic) bond motifs is 2. The molecular weight excluding hydrogens is 428 g/mol. The first-order valence-corrected chi connectivity index (χ1v) is 11.7. The molecule has 34 heavy (non-hydrogen) atoms. The predicted molar refractivity (Wildman–Crippen MR) is 131 cm³/mol. The van der Waals surface area contributed by atoms with Crippen LogP contribution in [-0.2, 0) is 20.9 Å². The molecule has 1 unspecified atom stereocenters. The van der Waals surface area contributed by atoms with E-state index in [1.807, 2.05) is 66.7 Å². The summed E-state index contributed by atoms with van der Waals surface area (Å²) in [7, 11) is 0. The van der Waals surface area contributed by atoms with E-state index in [4.69, 9.17) is 4.74 Å². The maximum atomic E-state index is 13.4. The summed E-state index contributed by atoms with van der Waals surface area (Å²) in [6, 6.07) is 23.6. The monoisotopic (exact) mass is 454 g/mol. The molecule has 6 heteroatoms. The van der Waals surface area contributed by atoms with Gasteiger partial charge in [0.2, 0.25) is 6.10 Å². The molecule has 4 aromatic rings. The number of likely N-dealkylation sites (tertiary alicyclic amines) is 1. The van der Waals surface area contributed by atoms with Gasteiger partial charge >= 0.3 is 5.97 Å². The Morgan fingerprint density at radius 3 is 1.94 bits per heavy atom. The minimum atomic E-state index is -0.997. The van der Waals surface area contributed by atoms with Crippen LogP contribution in [0.25, 0.3) is 21.8 Å². The number of carbonyl (C=O) groups excluding carboxylic acids is 2. The summed E-state index contributed by atoms with van der Waals surface area (Å²) in [6.45, 7) is 1.24. The molecular formula is C28H26N2O4. The molecule has 1 amide bonds. The molecule has 0 N–H and O–H groups in total. The van der Waals surface area contributed by atoms with Gasteiger partial charge in [-0.3, -0.25) is 14.4 Å². The highest BCUT2D eigenvalue weighted by molar-refractivity contribution is 5.94. The molecule has 172 valence electrons. The van der Waals surface area contributed by atoms with E-state index < -0.39 is 12.1 Å². The second-order valence-corrected chi connectivity index (χ2v) is 8.62. The molecule has 0 bridgehead atoms. The third kappa shape index (κ3) is 4.19. The van der Waals surface area contributed by atoms with Crippen molar-refractivity contribution in [3.63, 3.8) is 0 Å². The average molecular weight is 455 g/mol. The molecule has 1 aliphatic rings. The molecule has 6 nitrogen and oxygen atoms in total. The van der Waals surface area contributed by atoms with Crippen LogP contribution in [-0.4, -0.2) is 34.4 Å². The fourth-order valence-corrected chi connectivity index (χ4v) is 4.71. The van der Waals surface area contributed by atoms with Gasteiger partial charge in [-0.25, -0.2) is 0 Å². The van der Waals surface area contributed by atoms with Crippen molar-refractivity contribution in [3.05, 3.63) is 94.6 Å². The van der Waals surface area contributed by atoms with Crippen LogP contribution < -0.4 is 5.43 Å². The summed E-state index contributed by atoms with van der Waals surface area (Å²) in [5.41, 5.74) is 1.89. The Labute approximate surface area is 197 Å². The van der Waals surface area contributed by atoms with Gasteiger partial charge in [0.15, 0.2) is 5.43 Å². The van der Waals surface area contributed by atoms with Gasteiger partial charge in [-0.1, -0.05) is 54.6 Å². The zero-order chi connectivity index (χ0) is 23.5. The number of nitrogens with zero attached hydrogens (tertiary/aromatic N) is 2. The smallest absolute Gasteiger partial charge is 0.327 e. The van der Waals surface area contributed by atoms with Gasteiger partial charge in [0.05, 0.1) is 11.0 Å². The standard InChI is InChI=1S/C28H26N2O4/c31-25(34-27(20-11-3-1-4-12-20)28(33)29-17-9-2-10-18-29)19-30-23-15-7-5-13-21(23)26(32)22-14-6-8-16-24(22)30/h1,3-8,11-16,27H,2,9-10,17-19H2. The molecule has 5 rings (SSSR count). The van der Waals surface area contributed by atoms with Crippen molar-refractivity contribution >= 4 is 33.7 Å². The quantitative estimate of drug-likeness (QED) is 0.330. The van der Waals surface area contributed by atoms with Gasteiger partial charge in [0.1, 0.15) is 6.54 Å². The number of esters is 1. The largest absolute Gasteiger partial charge is 0.446 e. The first-order valence-electron chi connectivity index (χ1n) is 11.7. The summed E-state index contributed by atoms with van der Waals surface area (Å²) in [5.74, 6) is -0.716. The maximum absolute atomic E-state index is 13.4. The number of rotatable bonds is 5. The molecule has 1 aliphatic heterocycles. The fraction of sp³-hybridized carbons (Fsp3) is 0.250. The van der Waals surface area contributed by atoms with Crippen molar-refractivity contribution in [2.75, 3.05) is 13.1 Å². The van der Waals surface area contributed by atoms with Gasteiger partial charge < -0.3 is 14.2 Å². The number of ether oxygens (including phenoxy) is 1. The summed E-state index contributed by atoms with van der Waals surface area (Å²) in [5, 5.41) is 1.08. The topological polar surface area (TPSA) is 68.6 Å². The van der Waals surface area contributed by atoms with Crippen LogP contribution in [0.15, 0.2) is 83.7 Å². The Kier molecular flexibility index (Phi) is 6.12. The SMILES string of the molecule is O=C(Cn1c2ccccc2c(=O)c2ccccc21)OC(C(=O)N1CCCCC1)c1ccccc1. The van der Waals surface area contributed by atoms with Gasteiger partial charge in [0, 0.05) is 29.4 Å². The zero-order valence-electron chi connectivity index (χ0n) is 18.9. The molecule has 1 aromatic heterocycles.